The summed E-state index contributed by atoms with van der Waals surface area (Å²) in [5.74, 6) is -0.910. The number of sulfone groups is 1. The lowest BCUT2D eigenvalue weighted by Gasteiger charge is -2.16. The number of nitrogens with one attached hydrogen (secondary N) is 1. The van der Waals surface area contributed by atoms with Gasteiger partial charge in [-0.15, -0.1) is 0 Å². The van der Waals surface area contributed by atoms with Gasteiger partial charge in [0.2, 0.25) is 0 Å². The largest absolute Gasteiger partial charge is 0.488 e. The van der Waals surface area contributed by atoms with E-state index in [9.17, 15) is 18.0 Å². The fourth-order valence-corrected chi connectivity index (χ4v) is 3.17. The molecular weight excluding hydrogens is 426 g/mol. The molecule has 31 heavy (non-hydrogen) atoms. The van der Waals surface area contributed by atoms with Crippen LogP contribution in [0.2, 0.25) is 0 Å². The molecular formula is C21H25NO8S. The van der Waals surface area contributed by atoms with Crippen LogP contribution in [0, 0.1) is 0 Å². The van der Waals surface area contributed by atoms with Crippen LogP contribution in [-0.4, -0.2) is 53.0 Å². The van der Waals surface area contributed by atoms with Crippen LogP contribution in [0.4, 0.5) is 5.69 Å². The predicted molar refractivity (Wildman–Crippen MR) is 113 cm³/mol. The summed E-state index contributed by atoms with van der Waals surface area (Å²) >= 11 is 0. The summed E-state index contributed by atoms with van der Waals surface area (Å²) in [6.45, 7) is 3.81. The van der Waals surface area contributed by atoms with Crippen molar-refractivity contribution in [3.05, 3.63) is 42.5 Å². The smallest absolute Gasteiger partial charge is 0.397 e. The molecule has 0 spiro atoms. The maximum atomic E-state index is 12.0. The van der Waals surface area contributed by atoms with Gasteiger partial charge in [-0.2, -0.15) is 0 Å². The topological polar surface area (TPSA) is 117 Å². The molecule has 0 heterocycles. The summed E-state index contributed by atoms with van der Waals surface area (Å²) in [5, 5.41) is 2.44. The Kier molecular flexibility index (Phi) is 8.40. The quantitative estimate of drug-likeness (QED) is 0.457. The van der Waals surface area contributed by atoms with Crippen LogP contribution in [0.15, 0.2) is 47.4 Å². The number of anilines is 1. The van der Waals surface area contributed by atoms with E-state index in [2.05, 4.69) is 10.1 Å². The van der Waals surface area contributed by atoms with Gasteiger partial charge >= 0.3 is 11.9 Å². The number of methoxy groups -OCH3 is 1. The number of carbonyl (C=O) groups is 2. The van der Waals surface area contributed by atoms with Crippen LogP contribution in [0.3, 0.4) is 0 Å². The highest BCUT2D eigenvalue weighted by molar-refractivity contribution is 7.90. The van der Waals surface area contributed by atoms with Crippen molar-refractivity contribution in [3.8, 4) is 17.2 Å². The highest BCUT2D eigenvalue weighted by Crippen LogP contribution is 2.31. The Morgan fingerprint density at radius 2 is 1.68 bits per heavy atom. The second-order valence-corrected chi connectivity index (χ2v) is 8.61. The Morgan fingerprint density at radius 1 is 1.03 bits per heavy atom. The molecule has 0 unspecified atom stereocenters. The van der Waals surface area contributed by atoms with Crippen LogP contribution < -0.4 is 14.8 Å². The van der Waals surface area contributed by atoms with Crippen LogP contribution in [-0.2, 0) is 28.9 Å². The van der Waals surface area contributed by atoms with Crippen molar-refractivity contribution in [2.24, 2.45) is 0 Å². The first-order valence-corrected chi connectivity index (χ1v) is 11.3. The first-order chi connectivity index (χ1) is 14.6. The van der Waals surface area contributed by atoms with E-state index in [1.807, 2.05) is 0 Å². The minimum Gasteiger partial charge on any atom is -0.488 e. The molecule has 0 bridgehead atoms. The molecule has 2 rings (SSSR count). The standard InChI is InChI=1S/C21H25NO8S/c1-5-28-21(24)20(23)22-15-10-17(29-14(2)13-27-3)12-18(11-15)30-16-6-8-19(9-7-16)31(4,25)26/h6-12,14H,5,13H2,1-4H3,(H,22,23)/t14-/m0/s1. The Labute approximate surface area is 181 Å². The van der Waals surface area contributed by atoms with E-state index in [4.69, 9.17) is 14.2 Å². The molecule has 1 atom stereocenters. The second kappa shape index (κ2) is 10.8. The van der Waals surface area contributed by atoms with Gasteiger partial charge in [0.15, 0.2) is 9.84 Å². The number of hydrogen-bond acceptors (Lipinski definition) is 8. The average Bonchev–Trinajstić information content (AvgIpc) is 2.67. The molecule has 168 valence electrons. The molecule has 2 aromatic rings. The molecule has 0 saturated heterocycles. The first kappa shape index (κ1) is 24.2. The van der Waals surface area contributed by atoms with Crippen LogP contribution in [0.25, 0.3) is 0 Å². The van der Waals surface area contributed by atoms with Gasteiger partial charge in [-0.05, 0) is 38.1 Å². The molecule has 1 N–H and O–H groups in total. The summed E-state index contributed by atoms with van der Waals surface area (Å²) in [7, 11) is -1.78. The Balaban J connectivity index is 2.29. The monoisotopic (exact) mass is 451 g/mol. The molecule has 9 nitrogen and oxygen atoms in total. The minimum atomic E-state index is -3.33. The zero-order chi connectivity index (χ0) is 23.0. The second-order valence-electron chi connectivity index (χ2n) is 6.60. The van der Waals surface area contributed by atoms with Crippen molar-refractivity contribution >= 4 is 27.4 Å². The highest BCUT2D eigenvalue weighted by Gasteiger charge is 2.17. The summed E-state index contributed by atoms with van der Waals surface area (Å²) in [4.78, 5) is 23.8. The Morgan fingerprint density at radius 3 is 2.26 bits per heavy atom. The molecule has 1 amide bonds. The van der Waals surface area contributed by atoms with Crippen molar-refractivity contribution in [1.29, 1.82) is 0 Å². The van der Waals surface area contributed by atoms with Gasteiger partial charge < -0.3 is 24.3 Å². The zero-order valence-corrected chi connectivity index (χ0v) is 18.5. The van der Waals surface area contributed by atoms with Crippen molar-refractivity contribution < 1.29 is 37.0 Å². The predicted octanol–water partition coefficient (Wildman–Crippen LogP) is 2.80. The van der Waals surface area contributed by atoms with Crippen molar-refractivity contribution in [1.82, 2.24) is 0 Å². The van der Waals surface area contributed by atoms with Crippen molar-refractivity contribution in [3.63, 3.8) is 0 Å². The van der Waals surface area contributed by atoms with E-state index in [0.29, 0.717) is 23.9 Å². The fraction of sp³-hybridized carbons (Fsp3) is 0.333. The van der Waals surface area contributed by atoms with E-state index in [0.717, 1.165) is 6.26 Å². The average molecular weight is 451 g/mol. The molecule has 0 saturated carbocycles. The third-order valence-corrected chi connectivity index (χ3v) is 4.95. The van der Waals surface area contributed by atoms with Gasteiger partial charge in [0, 0.05) is 37.3 Å². The third kappa shape index (κ3) is 7.58. The normalized spacial score (nSPS) is 12.0. The van der Waals surface area contributed by atoms with Crippen molar-refractivity contribution in [2.45, 2.75) is 24.8 Å². The van der Waals surface area contributed by atoms with Gasteiger partial charge in [-0.3, -0.25) is 4.79 Å². The lowest BCUT2D eigenvalue weighted by molar-refractivity contribution is -0.152. The molecule has 0 aromatic heterocycles. The molecule has 0 aliphatic rings. The highest BCUT2D eigenvalue weighted by atomic mass is 32.2. The number of ether oxygens (including phenoxy) is 4. The van der Waals surface area contributed by atoms with E-state index >= 15 is 0 Å². The maximum absolute atomic E-state index is 12.0. The molecule has 0 aliphatic carbocycles. The van der Waals surface area contributed by atoms with Crippen LogP contribution >= 0.6 is 0 Å². The summed E-state index contributed by atoms with van der Waals surface area (Å²) in [6, 6.07) is 10.5. The number of rotatable bonds is 9. The number of benzene rings is 2. The summed E-state index contributed by atoms with van der Waals surface area (Å²) < 4.78 is 44.5. The van der Waals surface area contributed by atoms with E-state index in [1.165, 1.54) is 36.4 Å². The van der Waals surface area contributed by atoms with E-state index in [-0.39, 0.29) is 23.3 Å². The number of esters is 1. The first-order valence-electron chi connectivity index (χ1n) is 9.39. The Hall–Kier alpha value is -3.11. The van der Waals surface area contributed by atoms with Crippen molar-refractivity contribution in [2.75, 3.05) is 31.9 Å². The lowest BCUT2D eigenvalue weighted by atomic mass is 10.2. The number of amides is 1. The molecule has 0 radical (unpaired) electrons. The van der Waals surface area contributed by atoms with Gasteiger partial charge in [0.25, 0.3) is 0 Å². The minimum absolute atomic E-state index is 0.0712. The third-order valence-electron chi connectivity index (χ3n) is 3.82. The molecule has 10 heteroatoms. The molecule has 0 fully saturated rings. The van der Waals surface area contributed by atoms with Gasteiger partial charge in [0.05, 0.1) is 18.1 Å². The van der Waals surface area contributed by atoms with Gasteiger partial charge in [-0.25, -0.2) is 13.2 Å². The maximum Gasteiger partial charge on any atom is 0.397 e. The van der Waals surface area contributed by atoms with Crippen LogP contribution in [0.1, 0.15) is 13.8 Å². The SMILES string of the molecule is CCOC(=O)C(=O)Nc1cc(Oc2ccc(S(C)(=O)=O)cc2)cc(O[C@@H](C)COC)c1. The Bertz CT molecular complexity index is 1020. The van der Waals surface area contributed by atoms with Gasteiger partial charge in [0.1, 0.15) is 23.4 Å². The number of carbonyl (C=O) groups excluding carboxylic acids is 2. The van der Waals surface area contributed by atoms with Crippen LogP contribution in [0.5, 0.6) is 17.2 Å². The molecule has 0 aliphatic heterocycles. The van der Waals surface area contributed by atoms with E-state index < -0.39 is 21.7 Å². The van der Waals surface area contributed by atoms with E-state index in [1.54, 1.807) is 27.0 Å². The summed E-state index contributed by atoms with van der Waals surface area (Å²) in [5.41, 5.74) is 0.253. The zero-order valence-electron chi connectivity index (χ0n) is 17.7. The lowest BCUT2D eigenvalue weighted by Crippen LogP contribution is -2.25. The fourth-order valence-electron chi connectivity index (χ4n) is 2.54. The van der Waals surface area contributed by atoms with Gasteiger partial charge in [-0.1, -0.05) is 0 Å². The molecule has 2 aromatic carbocycles. The number of hydrogen-bond donors (Lipinski definition) is 1. The summed E-state index contributed by atoms with van der Waals surface area (Å²) in [6.07, 6.45) is 0.825.